The van der Waals surface area contributed by atoms with Crippen molar-refractivity contribution in [2.75, 3.05) is 6.61 Å². The minimum Gasteiger partial charge on any atom is -0.493 e. The number of benzene rings is 1. The number of amides is 1. The van der Waals surface area contributed by atoms with Crippen LogP contribution in [0.4, 0.5) is 0 Å². The van der Waals surface area contributed by atoms with Gasteiger partial charge < -0.3 is 10.1 Å². The zero-order valence-electron chi connectivity index (χ0n) is 16.9. The zero-order chi connectivity index (χ0) is 19.3. The fraction of sp³-hybridized carbons (Fsp3) is 0.545. The van der Waals surface area contributed by atoms with Crippen LogP contribution in [0.15, 0.2) is 18.2 Å². The van der Waals surface area contributed by atoms with Gasteiger partial charge in [0.25, 0.3) is 5.91 Å². The number of fused-ring (bicyclic) bond motifs is 1. The van der Waals surface area contributed by atoms with Gasteiger partial charge in [-0.1, -0.05) is 17.7 Å². The number of carbonyl (C=O) groups excluding carboxylic acids is 1. The Bertz CT molecular complexity index is 888. The van der Waals surface area contributed by atoms with Gasteiger partial charge >= 0.3 is 0 Å². The number of aromatic nitrogens is 2. The van der Waals surface area contributed by atoms with E-state index in [4.69, 9.17) is 4.74 Å². The van der Waals surface area contributed by atoms with Crippen molar-refractivity contribution in [1.29, 1.82) is 0 Å². The first-order valence-electron chi connectivity index (χ1n) is 9.89. The Kier molecular flexibility index (Phi) is 4.28. The van der Waals surface area contributed by atoms with Gasteiger partial charge in [0.05, 0.1) is 18.2 Å². The van der Waals surface area contributed by atoms with E-state index < -0.39 is 0 Å². The second-order valence-electron chi connectivity index (χ2n) is 8.97. The van der Waals surface area contributed by atoms with E-state index >= 15 is 0 Å². The highest BCUT2D eigenvalue weighted by atomic mass is 16.5. The van der Waals surface area contributed by atoms with Gasteiger partial charge in [-0.2, -0.15) is 5.10 Å². The lowest BCUT2D eigenvalue weighted by Crippen LogP contribution is -2.33. The largest absolute Gasteiger partial charge is 0.493 e. The number of aryl methyl sites for hydroxylation is 2. The Balaban J connectivity index is 1.61. The van der Waals surface area contributed by atoms with E-state index in [9.17, 15) is 4.79 Å². The Labute approximate surface area is 161 Å². The van der Waals surface area contributed by atoms with Gasteiger partial charge in [0.1, 0.15) is 11.4 Å². The van der Waals surface area contributed by atoms with Crippen molar-refractivity contribution in [2.24, 2.45) is 0 Å². The summed E-state index contributed by atoms with van der Waals surface area (Å²) in [4.78, 5) is 13.0. The van der Waals surface area contributed by atoms with Crippen LogP contribution in [-0.2, 0) is 5.54 Å². The standard InChI is InChI=1S/C22H29N3O2/c1-13-10-14(2)20-16(11-13)17(8-9-27-20)23-21(26)18-12-19(15-6-7-15)25(24-18)22(3,4)5/h10-12,15,17H,6-9H2,1-5H3,(H,23,26). The molecule has 5 nitrogen and oxygen atoms in total. The topological polar surface area (TPSA) is 56.2 Å². The summed E-state index contributed by atoms with van der Waals surface area (Å²) in [6.45, 7) is 11.2. The molecule has 1 amide bonds. The fourth-order valence-electron chi connectivity index (χ4n) is 3.97. The number of rotatable bonds is 3. The molecule has 0 spiro atoms. The highest BCUT2D eigenvalue weighted by molar-refractivity contribution is 5.92. The van der Waals surface area contributed by atoms with Crippen molar-refractivity contribution in [2.45, 2.75) is 71.4 Å². The Morgan fingerprint density at radius 2 is 1.93 bits per heavy atom. The molecule has 1 aromatic carbocycles. The lowest BCUT2D eigenvalue weighted by molar-refractivity contribution is 0.0918. The molecule has 2 heterocycles. The first-order valence-corrected chi connectivity index (χ1v) is 9.89. The van der Waals surface area contributed by atoms with Gasteiger partial charge in [-0.3, -0.25) is 9.48 Å². The van der Waals surface area contributed by atoms with Crippen molar-refractivity contribution >= 4 is 5.91 Å². The molecule has 1 fully saturated rings. The van der Waals surface area contributed by atoms with Crippen LogP contribution in [0, 0.1) is 13.8 Å². The number of nitrogens with one attached hydrogen (secondary N) is 1. The van der Waals surface area contributed by atoms with Crippen LogP contribution in [0.3, 0.4) is 0 Å². The van der Waals surface area contributed by atoms with Gasteiger partial charge in [0.2, 0.25) is 0 Å². The number of nitrogens with zero attached hydrogens (tertiary/aromatic N) is 2. The Hall–Kier alpha value is -2.30. The number of hydrogen-bond acceptors (Lipinski definition) is 3. The SMILES string of the molecule is Cc1cc(C)c2c(c1)C(NC(=O)c1cc(C3CC3)n(C(C)(C)C)n1)CCO2. The molecule has 4 rings (SSSR count). The normalized spacial score (nSPS) is 19.4. The molecule has 0 radical (unpaired) electrons. The van der Waals surface area contributed by atoms with Crippen LogP contribution in [0.2, 0.25) is 0 Å². The summed E-state index contributed by atoms with van der Waals surface area (Å²) in [5, 5.41) is 7.87. The third-order valence-electron chi connectivity index (χ3n) is 5.38. The van der Waals surface area contributed by atoms with E-state index in [2.05, 4.69) is 57.2 Å². The quantitative estimate of drug-likeness (QED) is 0.875. The van der Waals surface area contributed by atoms with Crippen LogP contribution in [0.25, 0.3) is 0 Å². The highest BCUT2D eigenvalue weighted by Crippen LogP contribution is 2.42. The Morgan fingerprint density at radius 1 is 1.19 bits per heavy atom. The lowest BCUT2D eigenvalue weighted by atomic mass is 9.95. The number of carbonyl (C=O) groups is 1. The molecular formula is C22H29N3O2. The van der Waals surface area contributed by atoms with Crippen LogP contribution < -0.4 is 10.1 Å². The van der Waals surface area contributed by atoms with E-state index in [1.165, 1.54) is 24.1 Å². The second-order valence-corrected chi connectivity index (χ2v) is 8.97. The van der Waals surface area contributed by atoms with Gasteiger partial charge in [0.15, 0.2) is 0 Å². The van der Waals surface area contributed by atoms with Gasteiger partial charge in [-0.15, -0.1) is 0 Å². The van der Waals surface area contributed by atoms with E-state index in [-0.39, 0.29) is 17.5 Å². The maximum atomic E-state index is 13.0. The van der Waals surface area contributed by atoms with Crippen molar-refractivity contribution in [3.05, 3.63) is 46.3 Å². The van der Waals surface area contributed by atoms with Crippen LogP contribution in [0.1, 0.15) is 84.9 Å². The van der Waals surface area contributed by atoms with Crippen LogP contribution in [-0.4, -0.2) is 22.3 Å². The number of hydrogen-bond donors (Lipinski definition) is 1. The van der Waals surface area contributed by atoms with E-state index in [0.29, 0.717) is 18.2 Å². The summed E-state index contributed by atoms with van der Waals surface area (Å²) >= 11 is 0. The molecule has 1 aliphatic carbocycles. The lowest BCUT2D eigenvalue weighted by Gasteiger charge is -2.28. The molecule has 1 aromatic heterocycles. The van der Waals surface area contributed by atoms with Crippen molar-refractivity contribution in [3.63, 3.8) is 0 Å². The summed E-state index contributed by atoms with van der Waals surface area (Å²) in [5.74, 6) is 1.36. The average molecular weight is 367 g/mol. The maximum absolute atomic E-state index is 13.0. The van der Waals surface area contributed by atoms with Crippen molar-refractivity contribution in [1.82, 2.24) is 15.1 Å². The molecular weight excluding hydrogens is 338 g/mol. The van der Waals surface area contributed by atoms with Crippen LogP contribution >= 0.6 is 0 Å². The molecule has 1 aliphatic heterocycles. The third kappa shape index (κ3) is 3.47. The summed E-state index contributed by atoms with van der Waals surface area (Å²) in [7, 11) is 0. The molecule has 1 atom stereocenters. The summed E-state index contributed by atoms with van der Waals surface area (Å²) in [6, 6.07) is 6.19. The zero-order valence-corrected chi connectivity index (χ0v) is 16.9. The molecule has 2 aromatic rings. The molecule has 1 N–H and O–H groups in total. The molecule has 0 bridgehead atoms. The monoisotopic (exact) mass is 367 g/mol. The molecule has 27 heavy (non-hydrogen) atoms. The minimum atomic E-state index is -0.129. The van der Waals surface area contributed by atoms with E-state index in [0.717, 1.165) is 23.3 Å². The van der Waals surface area contributed by atoms with Crippen molar-refractivity contribution < 1.29 is 9.53 Å². The summed E-state index contributed by atoms with van der Waals surface area (Å²) < 4.78 is 7.90. The van der Waals surface area contributed by atoms with Crippen molar-refractivity contribution in [3.8, 4) is 5.75 Å². The average Bonchev–Trinajstić information content (AvgIpc) is 3.32. The fourth-order valence-corrected chi connectivity index (χ4v) is 3.97. The highest BCUT2D eigenvalue weighted by Gasteiger charge is 2.33. The van der Waals surface area contributed by atoms with E-state index in [1.807, 2.05) is 10.7 Å². The smallest absolute Gasteiger partial charge is 0.272 e. The maximum Gasteiger partial charge on any atom is 0.272 e. The predicted octanol–water partition coefficient (Wildman–Crippen LogP) is 4.39. The number of ether oxygens (including phenoxy) is 1. The van der Waals surface area contributed by atoms with E-state index in [1.54, 1.807) is 0 Å². The molecule has 1 saturated carbocycles. The predicted molar refractivity (Wildman–Crippen MR) is 105 cm³/mol. The molecule has 0 saturated heterocycles. The third-order valence-corrected chi connectivity index (χ3v) is 5.38. The first kappa shape index (κ1) is 18.1. The van der Waals surface area contributed by atoms with Crippen LogP contribution in [0.5, 0.6) is 5.75 Å². The van der Waals surface area contributed by atoms with Gasteiger partial charge in [0, 0.05) is 23.6 Å². The van der Waals surface area contributed by atoms with Gasteiger partial charge in [-0.05, 0) is 59.1 Å². The Morgan fingerprint density at radius 3 is 2.59 bits per heavy atom. The molecule has 2 aliphatic rings. The minimum absolute atomic E-state index is 0.0380. The van der Waals surface area contributed by atoms with Gasteiger partial charge in [-0.25, -0.2) is 0 Å². The summed E-state index contributed by atoms with van der Waals surface area (Å²) in [5.41, 5.74) is 4.96. The first-order chi connectivity index (χ1) is 12.7. The molecule has 144 valence electrons. The summed E-state index contributed by atoms with van der Waals surface area (Å²) in [6.07, 6.45) is 3.15. The molecule has 5 heteroatoms. The molecule has 1 unspecified atom stereocenters. The second kappa shape index (κ2) is 6.39.